The second kappa shape index (κ2) is 10.2. The van der Waals surface area contributed by atoms with Gasteiger partial charge in [-0.3, -0.25) is 4.79 Å². The molecule has 3 aromatic rings. The first-order valence-corrected chi connectivity index (χ1v) is 13.3. The molecule has 0 atom stereocenters. The van der Waals surface area contributed by atoms with Crippen LogP contribution in [0.25, 0.3) is 0 Å². The van der Waals surface area contributed by atoms with Crippen LogP contribution in [0.2, 0.25) is 10.0 Å². The van der Waals surface area contributed by atoms with Crippen LogP contribution in [0.3, 0.4) is 0 Å². The van der Waals surface area contributed by atoms with Crippen LogP contribution in [0.15, 0.2) is 57.9 Å². The molecule has 0 unspecified atom stereocenters. The van der Waals surface area contributed by atoms with E-state index in [0.717, 1.165) is 22.0 Å². The molecule has 0 saturated carbocycles. The van der Waals surface area contributed by atoms with Crippen molar-refractivity contribution in [3.05, 3.63) is 80.0 Å². The van der Waals surface area contributed by atoms with Crippen LogP contribution in [0, 0.1) is 17.6 Å². The average Bonchev–Trinajstić information content (AvgIpc) is 3.22. The van der Waals surface area contributed by atoms with Gasteiger partial charge in [0, 0.05) is 46.7 Å². The Hall–Kier alpha value is -2.11. The predicted molar refractivity (Wildman–Crippen MR) is 126 cm³/mol. The van der Waals surface area contributed by atoms with Gasteiger partial charge < -0.3 is 4.57 Å². The summed E-state index contributed by atoms with van der Waals surface area (Å²) >= 11 is 13.5. The molecule has 1 aliphatic heterocycles. The number of sulfonamides is 1. The van der Waals surface area contributed by atoms with Crippen LogP contribution in [0.4, 0.5) is 8.78 Å². The van der Waals surface area contributed by atoms with Crippen LogP contribution in [-0.2, 0) is 21.4 Å². The van der Waals surface area contributed by atoms with Crippen LogP contribution < -0.4 is 4.80 Å². The minimum Gasteiger partial charge on any atom is -0.319 e. The number of hydrogen-bond donors (Lipinski definition) is 0. The maximum absolute atomic E-state index is 14.0. The molecule has 0 radical (unpaired) electrons. The summed E-state index contributed by atoms with van der Waals surface area (Å²) in [5.41, 5.74) is 0.824. The highest BCUT2D eigenvalue weighted by Gasteiger charge is 2.33. The molecule has 4 rings (SSSR count). The molecule has 1 aromatic heterocycles. The quantitative estimate of drug-likeness (QED) is 0.466. The molecule has 1 amide bonds. The summed E-state index contributed by atoms with van der Waals surface area (Å²) in [5, 5.41) is 2.84. The Morgan fingerprint density at radius 2 is 1.85 bits per heavy atom. The van der Waals surface area contributed by atoms with E-state index in [9.17, 15) is 22.0 Å². The maximum atomic E-state index is 14.0. The maximum Gasteiger partial charge on any atom is 0.251 e. The molecule has 0 aliphatic carbocycles. The Morgan fingerprint density at radius 1 is 1.12 bits per heavy atom. The number of thiazole rings is 1. The summed E-state index contributed by atoms with van der Waals surface area (Å²) < 4.78 is 55.6. The number of carbonyl (C=O) groups excluding carboxylic acids is 1. The van der Waals surface area contributed by atoms with Gasteiger partial charge in [-0.15, -0.1) is 11.3 Å². The van der Waals surface area contributed by atoms with Crippen molar-refractivity contribution < 1.29 is 22.0 Å². The van der Waals surface area contributed by atoms with E-state index in [1.54, 1.807) is 29.0 Å². The highest BCUT2D eigenvalue weighted by Crippen LogP contribution is 2.26. The zero-order valence-corrected chi connectivity index (χ0v) is 20.8. The van der Waals surface area contributed by atoms with Gasteiger partial charge in [0.15, 0.2) is 4.80 Å². The number of amides is 1. The van der Waals surface area contributed by atoms with Gasteiger partial charge in [0.1, 0.15) is 16.5 Å². The van der Waals surface area contributed by atoms with Crippen molar-refractivity contribution in [3.63, 3.8) is 0 Å². The van der Waals surface area contributed by atoms with Gasteiger partial charge in [0.2, 0.25) is 10.0 Å². The lowest BCUT2D eigenvalue weighted by Crippen LogP contribution is -2.40. The van der Waals surface area contributed by atoms with Crippen LogP contribution in [0.5, 0.6) is 0 Å². The normalized spacial score (nSPS) is 16.2. The largest absolute Gasteiger partial charge is 0.319 e. The third-order valence-corrected chi connectivity index (χ3v) is 8.85. The van der Waals surface area contributed by atoms with Gasteiger partial charge >= 0.3 is 0 Å². The second-order valence-corrected chi connectivity index (χ2v) is 11.4. The van der Waals surface area contributed by atoms with Gasteiger partial charge in [0.05, 0.1) is 6.54 Å². The number of hydrogen-bond acceptors (Lipinski definition) is 4. The van der Waals surface area contributed by atoms with E-state index in [2.05, 4.69) is 4.99 Å². The molecule has 2 heterocycles. The monoisotopic (exact) mass is 545 g/mol. The van der Waals surface area contributed by atoms with Gasteiger partial charge in [-0.2, -0.15) is 9.30 Å². The fourth-order valence-corrected chi connectivity index (χ4v) is 6.41. The van der Waals surface area contributed by atoms with Crippen molar-refractivity contribution in [1.82, 2.24) is 8.87 Å². The van der Waals surface area contributed by atoms with E-state index in [-0.39, 0.29) is 31.8 Å². The average molecular weight is 546 g/mol. The SMILES string of the molecule is O=C(N=c1sccn1Cc1ccc(Cl)cc1Cl)C1CCN(S(=O)(=O)c2ccc(F)cc2F)CC1. The molecule has 180 valence electrons. The molecule has 0 N–H and O–H groups in total. The summed E-state index contributed by atoms with van der Waals surface area (Å²) in [6.07, 6.45) is 2.30. The molecule has 1 saturated heterocycles. The fraction of sp³-hybridized carbons (Fsp3) is 0.273. The zero-order valence-electron chi connectivity index (χ0n) is 17.6. The van der Waals surface area contributed by atoms with Crippen molar-refractivity contribution in [2.45, 2.75) is 24.3 Å². The summed E-state index contributed by atoms with van der Waals surface area (Å²) in [6.45, 7) is 0.483. The van der Waals surface area contributed by atoms with E-state index < -0.39 is 32.5 Å². The minimum atomic E-state index is -4.13. The molecular weight excluding hydrogens is 527 g/mol. The Labute approximate surface area is 209 Å². The third kappa shape index (κ3) is 5.41. The molecule has 6 nitrogen and oxygen atoms in total. The van der Waals surface area contributed by atoms with Crippen LogP contribution >= 0.6 is 34.5 Å². The fourth-order valence-electron chi connectivity index (χ4n) is 3.69. The number of piperidine rings is 1. The van der Waals surface area contributed by atoms with E-state index in [4.69, 9.17) is 23.2 Å². The molecule has 12 heteroatoms. The Kier molecular flexibility index (Phi) is 7.54. The Bertz CT molecular complexity index is 1400. The Balaban J connectivity index is 1.45. The third-order valence-electron chi connectivity index (χ3n) is 5.54. The van der Waals surface area contributed by atoms with Crippen molar-refractivity contribution in [1.29, 1.82) is 0 Å². The zero-order chi connectivity index (χ0) is 24.5. The van der Waals surface area contributed by atoms with Crippen molar-refractivity contribution in [2.24, 2.45) is 10.9 Å². The van der Waals surface area contributed by atoms with Crippen LogP contribution in [-0.4, -0.2) is 36.3 Å². The number of benzene rings is 2. The standard InChI is InChI=1S/C22H19Cl2F2N3O3S2/c23-16-2-1-15(18(24)11-16)13-28-9-10-33-22(28)27-21(30)14-5-7-29(8-6-14)34(31,32)20-4-3-17(25)12-19(20)26/h1-4,9-12,14H,5-8,13H2. The van der Waals surface area contributed by atoms with Crippen molar-refractivity contribution in [3.8, 4) is 0 Å². The van der Waals surface area contributed by atoms with E-state index in [1.807, 2.05) is 5.38 Å². The number of halogens is 4. The topological polar surface area (TPSA) is 71.7 Å². The summed E-state index contributed by atoms with van der Waals surface area (Å²) in [6, 6.07) is 7.54. The van der Waals surface area contributed by atoms with Gasteiger partial charge in [0.25, 0.3) is 5.91 Å². The smallest absolute Gasteiger partial charge is 0.251 e. The van der Waals surface area contributed by atoms with E-state index in [1.165, 1.54) is 11.3 Å². The second-order valence-electron chi connectivity index (χ2n) is 7.75. The number of aromatic nitrogens is 1. The lowest BCUT2D eigenvalue weighted by molar-refractivity contribution is -0.122. The van der Waals surface area contributed by atoms with Gasteiger partial charge in [-0.05, 0) is 42.7 Å². The minimum absolute atomic E-state index is 0.0376. The van der Waals surface area contributed by atoms with Gasteiger partial charge in [-0.1, -0.05) is 29.3 Å². The summed E-state index contributed by atoms with van der Waals surface area (Å²) in [7, 11) is -4.13. The van der Waals surface area contributed by atoms with E-state index in [0.29, 0.717) is 27.5 Å². The number of carbonyl (C=O) groups is 1. The highest BCUT2D eigenvalue weighted by atomic mass is 35.5. The lowest BCUT2D eigenvalue weighted by atomic mass is 9.98. The molecule has 1 aliphatic rings. The van der Waals surface area contributed by atoms with Crippen LogP contribution in [0.1, 0.15) is 18.4 Å². The van der Waals surface area contributed by atoms with Gasteiger partial charge in [-0.25, -0.2) is 17.2 Å². The summed E-state index contributed by atoms with van der Waals surface area (Å²) in [4.78, 5) is 17.0. The molecule has 0 spiro atoms. The van der Waals surface area contributed by atoms with Crippen molar-refractivity contribution in [2.75, 3.05) is 13.1 Å². The van der Waals surface area contributed by atoms with Crippen molar-refractivity contribution >= 4 is 50.5 Å². The molecular formula is C22H19Cl2F2N3O3S2. The highest BCUT2D eigenvalue weighted by molar-refractivity contribution is 7.89. The molecule has 2 aromatic carbocycles. The first-order chi connectivity index (χ1) is 16.1. The molecule has 1 fully saturated rings. The first kappa shape index (κ1) is 25.0. The molecule has 0 bridgehead atoms. The number of rotatable bonds is 5. The summed E-state index contributed by atoms with van der Waals surface area (Å²) in [5.74, 6) is -2.80. The predicted octanol–water partition coefficient (Wildman–Crippen LogP) is 4.71. The Morgan fingerprint density at radius 3 is 2.53 bits per heavy atom. The molecule has 34 heavy (non-hydrogen) atoms. The van der Waals surface area contributed by atoms with E-state index >= 15 is 0 Å². The number of nitrogens with zero attached hydrogens (tertiary/aromatic N) is 3. The first-order valence-electron chi connectivity index (χ1n) is 10.3. The lowest BCUT2D eigenvalue weighted by Gasteiger charge is -2.29.